The molecule has 0 bridgehead atoms. The van der Waals surface area contributed by atoms with Crippen molar-refractivity contribution in [2.24, 2.45) is 0 Å². The lowest BCUT2D eigenvalue weighted by molar-refractivity contribution is 0.474. The number of rotatable bonds is 1. The van der Waals surface area contributed by atoms with E-state index in [4.69, 9.17) is 10.3 Å². The second-order valence-corrected chi connectivity index (χ2v) is 3.05. The van der Waals surface area contributed by atoms with Crippen molar-refractivity contribution in [2.75, 3.05) is 5.73 Å². The van der Waals surface area contributed by atoms with Crippen LogP contribution in [0.15, 0.2) is 17.4 Å². The summed E-state index contributed by atoms with van der Waals surface area (Å²) < 4.78 is 29.1. The Morgan fingerprint density at radius 2 is 2.18 bits per heavy atom. The van der Waals surface area contributed by atoms with E-state index >= 15 is 0 Å². The molecule has 0 aromatic carbocycles. The number of aromatic nitrogens is 2. The number of hydrogen-bond acceptors (Lipinski definition) is 5. The van der Waals surface area contributed by atoms with Crippen LogP contribution in [0.2, 0.25) is 0 Å². The maximum Gasteiger partial charge on any atom is 0.330 e. The Bertz CT molecular complexity index is 361. The fraction of sp³-hybridized carbons (Fsp3) is 0. The second-order valence-electron chi connectivity index (χ2n) is 1.74. The van der Waals surface area contributed by atoms with Crippen molar-refractivity contribution in [2.45, 2.75) is 5.16 Å². The highest BCUT2D eigenvalue weighted by molar-refractivity contribution is 7.85. The van der Waals surface area contributed by atoms with Gasteiger partial charge in [0.1, 0.15) is 5.82 Å². The molecule has 6 nitrogen and oxygen atoms in total. The third-order valence-electron chi connectivity index (χ3n) is 0.886. The van der Waals surface area contributed by atoms with Gasteiger partial charge < -0.3 is 5.73 Å². The summed E-state index contributed by atoms with van der Waals surface area (Å²) in [4.78, 5) is 6.55. The van der Waals surface area contributed by atoms with Crippen LogP contribution in [0.1, 0.15) is 0 Å². The van der Waals surface area contributed by atoms with Crippen LogP contribution >= 0.6 is 0 Å². The molecule has 0 radical (unpaired) electrons. The van der Waals surface area contributed by atoms with Gasteiger partial charge in [-0.1, -0.05) is 0 Å². The molecular weight excluding hydrogens is 170 g/mol. The number of nitrogens with zero attached hydrogens (tertiary/aromatic N) is 2. The number of anilines is 1. The number of hydrogen-bond donors (Lipinski definition) is 2. The standard InChI is InChI=1S/C4H5N3O3S/c5-3-1-2-6-4(7-3)11(8,9)10/h1-2H,(H2,5,6,7)(H,8,9,10). The van der Waals surface area contributed by atoms with E-state index in [9.17, 15) is 8.42 Å². The highest BCUT2D eigenvalue weighted by atomic mass is 32.2. The lowest BCUT2D eigenvalue weighted by Crippen LogP contribution is -2.05. The zero-order valence-corrected chi connectivity index (χ0v) is 6.11. The molecule has 0 spiro atoms. The molecule has 1 rings (SSSR count). The lowest BCUT2D eigenvalue weighted by Gasteiger charge is -1.94. The molecule has 0 amide bonds. The highest BCUT2D eigenvalue weighted by Crippen LogP contribution is 2.01. The number of nitrogens with two attached hydrogens (primary N) is 1. The van der Waals surface area contributed by atoms with Crippen LogP contribution in [0.25, 0.3) is 0 Å². The minimum absolute atomic E-state index is 0.00683. The van der Waals surface area contributed by atoms with Crippen LogP contribution in [0.5, 0.6) is 0 Å². The molecule has 60 valence electrons. The molecular formula is C4H5N3O3S. The smallest absolute Gasteiger partial charge is 0.330 e. The van der Waals surface area contributed by atoms with Gasteiger partial charge in [0, 0.05) is 6.20 Å². The van der Waals surface area contributed by atoms with Crippen LogP contribution in [0.3, 0.4) is 0 Å². The first-order chi connectivity index (χ1) is 5.00. The summed E-state index contributed by atoms with van der Waals surface area (Å²) >= 11 is 0. The Morgan fingerprint density at radius 1 is 1.55 bits per heavy atom. The molecule has 0 aliphatic heterocycles. The predicted molar refractivity (Wildman–Crippen MR) is 36.3 cm³/mol. The molecule has 0 aliphatic rings. The van der Waals surface area contributed by atoms with Crippen LogP contribution < -0.4 is 5.73 Å². The first-order valence-corrected chi connectivity index (χ1v) is 4.00. The minimum atomic E-state index is -4.33. The average molecular weight is 175 g/mol. The van der Waals surface area contributed by atoms with E-state index in [1.807, 2.05) is 0 Å². The maximum absolute atomic E-state index is 10.4. The van der Waals surface area contributed by atoms with Gasteiger partial charge >= 0.3 is 10.1 Å². The maximum atomic E-state index is 10.4. The third kappa shape index (κ3) is 1.85. The first-order valence-electron chi connectivity index (χ1n) is 2.56. The van der Waals surface area contributed by atoms with Crippen LogP contribution in [-0.4, -0.2) is 22.9 Å². The van der Waals surface area contributed by atoms with Gasteiger partial charge in [-0.2, -0.15) is 13.4 Å². The van der Waals surface area contributed by atoms with E-state index in [0.29, 0.717) is 0 Å². The Balaban J connectivity index is 3.28. The molecule has 0 saturated carbocycles. The summed E-state index contributed by atoms with van der Waals surface area (Å²) in [5, 5.41) is -0.683. The summed E-state index contributed by atoms with van der Waals surface area (Å²) in [5.74, 6) is -0.00683. The van der Waals surface area contributed by atoms with Gasteiger partial charge in [-0.25, -0.2) is 4.98 Å². The SMILES string of the molecule is Nc1ccnc(S(=O)(=O)O)n1. The Morgan fingerprint density at radius 3 is 2.55 bits per heavy atom. The molecule has 11 heavy (non-hydrogen) atoms. The van der Waals surface area contributed by atoms with Gasteiger partial charge in [-0.15, -0.1) is 0 Å². The highest BCUT2D eigenvalue weighted by Gasteiger charge is 2.12. The molecule has 3 N–H and O–H groups in total. The fourth-order valence-corrected chi connectivity index (χ4v) is 0.893. The second kappa shape index (κ2) is 2.44. The summed E-state index contributed by atoms with van der Waals surface area (Å²) in [6.45, 7) is 0. The van der Waals surface area contributed by atoms with E-state index in [2.05, 4.69) is 9.97 Å². The Labute approximate surface area is 62.8 Å². The molecule has 0 fully saturated rings. The summed E-state index contributed by atoms with van der Waals surface area (Å²) in [6, 6.07) is 1.31. The molecule has 1 aromatic rings. The van der Waals surface area contributed by atoms with Gasteiger partial charge in [0.15, 0.2) is 0 Å². The molecule has 0 aliphatic carbocycles. The quantitative estimate of drug-likeness (QED) is 0.432. The normalized spacial score (nSPS) is 11.4. The van der Waals surface area contributed by atoms with Gasteiger partial charge in [-0.3, -0.25) is 4.55 Å². The molecule has 0 unspecified atom stereocenters. The molecule has 1 aromatic heterocycles. The van der Waals surface area contributed by atoms with Crippen molar-refractivity contribution in [3.63, 3.8) is 0 Å². The largest absolute Gasteiger partial charge is 0.384 e. The van der Waals surface area contributed by atoms with E-state index in [-0.39, 0.29) is 5.82 Å². The van der Waals surface area contributed by atoms with Crippen molar-refractivity contribution in [1.29, 1.82) is 0 Å². The average Bonchev–Trinajstić information content (AvgIpc) is 1.86. The molecule has 1 heterocycles. The van der Waals surface area contributed by atoms with Crippen molar-refractivity contribution in [3.8, 4) is 0 Å². The first kappa shape index (κ1) is 7.89. The van der Waals surface area contributed by atoms with Crippen LogP contribution in [-0.2, 0) is 10.1 Å². The molecule has 0 saturated heterocycles. The van der Waals surface area contributed by atoms with E-state index < -0.39 is 15.3 Å². The monoisotopic (exact) mass is 175 g/mol. The number of nitrogen functional groups attached to an aromatic ring is 1. The van der Waals surface area contributed by atoms with Gasteiger partial charge in [-0.05, 0) is 6.07 Å². The zero-order chi connectivity index (χ0) is 8.48. The zero-order valence-electron chi connectivity index (χ0n) is 5.30. The summed E-state index contributed by atoms with van der Waals surface area (Å²) in [5.41, 5.74) is 5.13. The van der Waals surface area contributed by atoms with Gasteiger partial charge in [0.25, 0.3) is 5.16 Å². The van der Waals surface area contributed by atoms with Crippen LogP contribution in [0.4, 0.5) is 5.82 Å². The molecule has 0 atom stereocenters. The van der Waals surface area contributed by atoms with E-state index in [0.717, 1.165) is 6.20 Å². The summed E-state index contributed by atoms with van der Waals surface area (Å²) in [6.07, 6.45) is 1.14. The van der Waals surface area contributed by atoms with Crippen LogP contribution in [0, 0.1) is 0 Å². The van der Waals surface area contributed by atoms with Crippen molar-refractivity contribution < 1.29 is 13.0 Å². The predicted octanol–water partition coefficient (Wildman–Crippen LogP) is -0.695. The topological polar surface area (TPSA) is 106 Å². The van der Waals surface area contributed by atoms with Crippen molar-refractivity contribution >= 4 is 15.9 Å². The Hall–Kier alpha value is -1.21. The minimum Gasteiger partial charge on any atom is -0.384 e. The van der Waals surface area contributed by atoms with Crippen molar-refractivity contribution in [1.82, 2.24) is 9.97 Å². The van der Waals surface area contributed by atoms with Crippen molar-refractivity contribution in [3.05, 3.63) is 12.3 Å². The lowest BCUT2D eigenvalue weighted by atomic mass is 10.6. The van der Waals surface area contributed by atoms with Gasteiger partial charge in [0.2, 0.25) is 0 Å². The fourth-order valence-electron chi connectivity index (χ4n) is 0.478. The third-order valence-corrected chi connectivity index (χ3v) is 1.54. The summed E-state index contributed by atoms with van der Waals surface area (Å²) in [7, 11) is -4.33. The Kier molecular flexibility index (Phi) is 1.75. The van der Waals surface area contributed by atoms with Gasteiger partial charge in [0.05, 0.1) is 0 Å². The molecule has 7 heteroatoms. The van der Waals surface area contributed by atoms with E-state index in [1.165, 1.54) is 6.07 Å². The van der Waals surface area contributed by atoms with E-state index in [1.54, 1.807) is 0 Å².